The van der Waals surface area contributed by atoms with E-state index in [4.69, 9.17) is 0 Å². The number of nitrogens with zero attached hydrogens (tertiary/aromatic N) is 4. The number of carbonyl (C=O) groups excluding carboxylic acids is 1. The highest BCUT2D eigenvalue weighted by atomic mass is 16.2. The van der Waals surface area contributed by atoms with Crippen molar-refractivity contribution in [2.24, 2.45) is 0 Å². The van der Waals surface area contributed by atoms with Gasteiger partial charge in [-0.05, 0) is 23.6 Å². The number of carbonyl (C=O) groups is 1. The Balaban J connectivity index is 1.74. The maximum atomic E-state index is 11.5. The molecule has 2 aromatic rings. The minimum atomic E-state index is 0.134. The van der Waals surface area contributed by atoms with Gasteiger partial charge in [-0.25, -0.2) is 4.98 Å². The summed E-state index contributed by atoms with van der Waals surface area (Å²) in [6.07, 6.45) is 1.78. The van der Waals surface area contributed by atoms with Crippen LogP contribution in [0.2, 0.25) is 0 Å². The Hall–Kier alpha value is -2.63. The molecule has 6 heteroatoms. The fourth-order valence-corrected chi connectivity index (χ4v) is 3.07. The van der Waals surface area contributed by atoms with Crippen molar-refractivity contribution in [1.29, 1.82) is 0 Å². The van der Waals surface area contributed by atoms with E-state index in [0.29, 0.717) is 11.9 Å². The van der Waals surface area contributed by atoms with Crippen LogP contribution in [-0.4, -0.2) is 47.0 Å². The van der Waals surface area contributed by atoms with E-state index in [0.717, 1.165) is 37.7 Å². The van der Waals surface area contributed by atoms with Gasteiger partial charge in [-0.3, -0.25) is 4.79 Å². The summed E-state index contributed by atoms with van der Waals surface area (Å²) < 4.78 is 0. The van der Waals surface area contributed by atoms with Gasteiger partial charge in [0.1, 0.15) is 5.82 Å². The lowest BCUT2D eigenvalue weighted by atomic mass is 10.0. The van der Waals surface area contributed by atoms with Gasteiger partial charge in [0.15, 0.2) is 0 Å². The molecule has 0 bridgehead atoms. The van der Waals surface area contributed by atoms with Crippen LogP contribution >= 0.6 is 0 Å². The van der Waals surface area contributed by atoms with E-state index in [2.05, 4.69) is 46.2 Å². The molecule has 0 unspecified atom stereocenters. The molecule has 1 aromatic heterocycles. The molecule has 1 N–H and O–H groups in total. The lowest BCUT2D eigenvalue weighted by Gasteiger charge is -2.34. The third-order valence-corrected chi connectivity index (χ3v) is 4.52. The first-order valence-corrected chi connectivity index (χ1v) is 8.74. The number of hydrogen-bond donors (Lipinski definition) is 1. The van der Waals surface area contributed by atoms with Gasteiger partial charge in [-0.15, -0.1) is 0 Å². The quantitative estimate of drug-likeness (QED) is 0.928. The van der Waals surface area contributed by atoms with E-state index in [1.165, 1.54) is 5.56 Å². The Morgan fingerprint density at radius 3 is 2.52 bits per heavy atom. The van der Waals surface area contributed by atoms with Crippen LogP contribution in [-0.2, 0) is 4.79 Å². The van der Waals surface area contributed by atoms with Crippen molar-refractivity contribution in [1.82, 2.24) is 14.9 Å². The van der Waals surface area contributed by atoms with E-state index < -0.39 is 0 Å². The van der Waals surface area contributed by atoms with Gasteiger partial charge in [0.25, 0.3) is 0 Å². The number of aromatic nitrogens is 2. The highest BCUT2D eigenvalue weighted by molar-refractivity contribution is 5.73. The van der Waals surface area contributed by atoms with Crippen molar-refractivity contribution < 1.29 is 4.79 Å². The van der Waals surface area contributed by atoms with Gasteiger partial charge in [0.2, 0.25) is 11.9 Å². The molecular weight excluding hydrogens is 314 g/mol. The molecule has 0 spiro atoms. The molecular formula is C19H25N5O. The number of hydrogen-bond acceptors (Lipinski definition) is 5. The maximum absolute atomic E-state index is 11.5. The fourth-order valence-electron chi connectivity index (χ4n) is 3.07. The van der Waals surface area contributed by atoms with E-state index in [1.807, 2.05) is 23.1 Å². The van der Waals surface area contributed by atoms with Gasteiger partial charge in [0, 0.05) is 45.0 Å². The Morgan fingerprint density at radius 2 is 1.84 bits per heavy atom. The van der Waals surface area contributed by atoms with Crippen LogP contribution in [0.25, 0.3) is 0 Å². The molecule has 1 saturated heterocycles. The van der Waals surface area contributed by atoms with Gasteiger partial charge in [-0.2, -0.15) is 4.98 Å². The third-order valence-electron chi connectivity index (χ3n) is 4.52. The smallest absolute Gasteiger partial charge is 0.229 e. The molecule has 3 rings (SSSR count). The zero-order chi connectivity index (χ0) is 17.8. The van der Waals surface area contributed by atoms with E-state index in [9.17, 15) is 4.79 Å². The summed E-state index contributed by atoms with van der Waals surface area (Å²) in [6.45, 7) is 9.01. The average molecular weight is 339 g/mol. The van der Waals surface area contributed by atoms with Crippen molar-refractivity contribution in [3.05, 3.63) is 42.1 Å². The van der Waals surface area contributed by atoms with Gasteiger partial charge < -0.3 is 15.1 Å². The third kappa shape index (κ3) is 4.07. The van der Waals surface area contributed by atoms with Crippen LogP contribution in [0.5, 0.6) is 0 Å². The fraction of sp³-hybridized carbons (Fsp3) is 0.421. The number of nitrogens with one attached hydrogen (secondary N) is 1. The first kappa shape index (κ1) is 17.2. The zero-order valence-corrected chi connectivity index (χ0v) is 15.1. The molecule has 2 heterocycles. The Kier molecular flexibility index (Phi) is 5.16. The minimum absolute atomic E-state index is 0.134. The van der Waals surface area contributed by atoms with Crippen LogP contribution < -0.4 is 10.2 Å². The molecule has 1 aliphatic rings. The predicted octanol–water partition coefficient (Wildman–Crippen LogP) is 3.01. The van der Waals surface area contributed by atoms with Crippen LogP contribution in [0.1, 0.15) is 32.3 Å². The number of amides is 1. The highest BCUT2D eigenvalue weighted by Crippen LogP contribution is 2.26. The van der Waals surface area contributed by atoms with E-state index in [1.54, 1.807) is 13.1 Å². The molecule has 1 fully saturated rings. The summed E-state index contributed by atoms with van der Waals surface area (Å²) in [4.78, 5) is 24.5. The second-order valence-electron chi connectivity index (χ2n) is 6.60. The first-order chi connectivity index (χ1) is 12.0. The van der Waals surface area contributed by atoms with Crippen molar-refractivity contribution in [3.63, 3.8) is 0 Å². The van der Waals surface area contributed by atoms with Crippen molar-refractivity contribution >= 4 is 23.4 Å². The van der Waals surface area contributed by atoms with E-state index >= 15 is 0 Å². The first-order valence-electron chi connectivity index (χ1n) is 8.74. The molecule has 0 aliphatic carbocycles. The zero-order valence-electron chi connectivity index (χ0n) is 15.1. The number of benzene rings is 1. The summed E-state index contributed by atoms with van der Waals surface area (Å²) in [5.41, 5.74) is 2.28. The molecule has 1 aliphatic heterocycles. The summed E-state index contributed by atoms with van der Waals surface area (Å²) in [6, 6.07) is 10.2. The Labute approximate surface area is 148 Å². The van der Waals surface area contributed by atoms with Gasteiger partial charge in [-0.1, -0.05) is 32.0 Å². The minimum Gasteiger partial charge on any atom is -0.353 e. The largest absolute Gasteiger partial charge is 0.353 e. The number of piperazine rings is 1. The second-order valence-corrected chi connectivity index (χ2v) is 6.60. The number of rotatable bonds is 4. The van der Waals surface area contributed by atoms with Crippen molar-refractivity contribution in [3.8, 4) is 0 Å². The molecule has 132 valence electrons. The van der Waals surface area contributed by atoms with Crippen LogP contribution in [0, 0.1) is 0 Å². The Morgan fingerprint density at radius 1 is 1.12 bits per heavy atom. The number of anilines is 3. The molecule has 0 saturated carbocycles. The normalized spacial score (nSPS) is 14.7. The predicted molar refractivity (Wildman–Crippen MR) is 100 cm³/mol. The maximum Gasteiger partial charge on any atom is 0.229 e. The monoisotopic (exact) mass is 339 g/mol. The number of para-hydroxylation sites is 1. The van der Waals surface area contributed by atoms with E-state index in [-0.39, 0.29) is 5.91 Å². The molecule has 1 amide bonds. The summed E-state index contributed by atoms with van der Waals surface area (Å²) >= 11 is 0. The lowest BCUT2D eigenvalue weighted by molar-refractivity contribution is -0.129. The standard InChI is InChI=1S/C19H25N5O/c1-14(2)16-6-4-5-7-17(16)21-19-20-9-8-18(22-19)24-12-10-23(11-13-24)15(3)25/h4-9,14H,10-13H2,1-3H3,(H,20,21,22). The topological polar surface area (TPSA) is 61.4 Å². The van der Waals surface area contributed by atoms with Gasteiger partial charge in [0.05, 0.1) is 0 Å². The van der Waals surface area contributed by atoms with Crippen molar-refractivity contribution in [2.45, 2.75) is 26.7 Å². The van der Waals surface area contributed by atoms with Crippen LogP contribution in [0.4, 0.5) is 17.5 Å². The molecule has 6 nitrogen and oxygen atoms in total. The molecule has 25 heavy (non-hydrogen) atoms. The van der Waals surface area contributed by atoms with Crippen LogP contribution in [0.3, 0.4) is 0 Å². The van der Waals surface area contributed by atoms with Gasteiger partial charge >= 0.3 is 0 Å². The second kappa shape index (κ2) is 7.51. The Bertz CT molecular complexity index is 738. The summed E-state index contributed by atoms with van der Waals surface area (Å²) in [5.74, 6) is 2.05. The highest BCUT2D eigenvalue weighted by Gasteiger charge is 2.20. The summed E-state index contributed by atoms with van der Waals surface area (Å²) in [5, 5.41) is 3.35. The molecule has 0 atom stereocenters. The average Bonchev–Trinajstić information content (AvgIpc) is 2.62. The molecule has 0 radical (unpaired) electrons. The van der Waals surface area contributed by atoms with Crippen molar-refractivity contribution in [2.75, 3.05) is 36.4 Å². The SMILES string of the molecule is CC(=O)N1CCN(c2ccnc(Nc3ccccc3C(C)C)n2)CC1. The van der Waals surface area contributed by atoms with Crippen LogP contribution in [0.15, 0.2) is 36.5 Å². The molecule has 1 aromatic carbocycles. The lowest BCUT2D eigenvalue weighted by Crippen LogP contribution is -2.48. The summed E-state index contributed by atoms with van der Waals surface area (Å²) in [7, 11) is 0.